The van der Waals surface area contributed by atoms with E-state index in [1.165, 1.54) is 10.8 Å². The average molecular weight is 625 g/mol. The van der Waals surface area contributed by atoms with E-state index < -0.39 is 5.92 Å². The first-order valence-electron chi connectivity index (χ1n) is 16.1. The van der Waals surface area contributed by atoms with Crippen LogP contribution in [0.2, 0.25) is 0 Å². The molecule has 232 valence electrons. The molecule has 0 radical (unpaired) electrons. The number of hydrogen-bond donors (Lipinski definition) is 1. The maximum absolute atomic E-state index is 14.8. The lowest BCUT2D eigenvalue weighted by atomic mass is 9.67. The van der Waals surface area contributed by atoms with Crippen molar-refractivity contribution in [1.29, 1.82) is 5.41 Å². The SMILES string of the molecule is [C-]#[N+]C(=C=N)C1=C(c2ccc3c4c(c5ccccc5cc24)N(C)CN3C)C(=O)C1c1ccc2c3c(c4ccccc4cc13)N(C)CN2C. The highest BCUT2D eigenvalue weighted by molar-refractivity contribution is 6.38. The zero-order valence-corrected chi connectivity index (χ0v) is 27.2. The van der Waals surface area contributed by atoms with Gasteiger partial charge in [-0.25, -0.2) is 4.85 Å². The zero-order valence-electron chi connectivity index (χ0n) is 27.2. The molecule has 0 saturated carbocycles. The molecule has 1 unspecified atom stereocenters. The number of rotatable bonds is 3. The third kappa shape index (κ3) is 3.58. The summed E-state index contributed by atoms with van der Waals surface area (Å²) < 4.78 is 0. The summed E-state index contributed by atoms with van der Waals surface area (Å²) in [5, 5.41) is 16.9. The Morgan fingerprint density at radius 3 is 1.85 bits per heavy atom. The van der Waals surface area contributed by atoms with Crippen LogP contribution >= 0.6 is 0 Å². The fraction of sp³-hybridized carbons (Fsp3) is 0.171. The van der Waals surface area contributed by atoms with E-state index in [1.807, 2.05) is 18.2 Å². The molecule has 3 aliphatic rings. The Bertz CT molecular complexity index is 2590. The number of hydrogen-bond acceptors (Lipinski definition) is 6. The minimum absolute atomic E-state index is 0.0357. The third-order valence-electron chi connectivity index (χ3n) is 10.6. The smallest absolute Gasteiger partial charge is 0.251 e. The Hall–Kier alpha value is -6.09. The second-order valence-corrected chi connectivity index (χ2v) is 13.3. The molecule has 0 aromatic heterocycles. The molecule has 1 aliphatic carbocycles. The molecule has 6 aromatic carbocycles. The fourth-order valence-corrected chi connectivity index (χ4v) is 8.58. The number of fused-ring (bicyclic) bond motifs is 4. The summed E-state index contributed by atoms with van der Waals surface area (Å²) in [6.07, 6.45) is 0. The van der Waals surface area contributed by atoms with Crippen LogP contribution in [0.3, 0.4) is 0 Å². The van der Waals surface area contributed by atoms with E-state index in [1.54, 1.807) is 0 Å². The quantitative estimate of drug-likeness (QED) is 0.122. The summed E-state index contributed by atoms with van der Waals surface area (Å²) >= 11 is 0. The van der Waals surface area contributed by atoms with Crippen LogP contribution in [0.25, 0.3) is 53.5 Å². The van der Waals surface area contributed by atoms with Gasteiger partial charge in [-0.15, -0.1) is 0 Å². The number of carbonyl (C=O) groups is 1. The minimum Gasteiger partial charge on any atom is -0.356 e. The van der Waals surface area contributed by atoms with E-state index in [2.05, 4.69) is 125 Å². The number of Topliss-reactive ketones (excluding diaryl/α,β-unsaturated/α-hetero) is 1. The predicted molar refractivity (Wildman–Crippen MR) is 199 cm³/mol. The average Bonchev–Trinajstić information content (AvgIpc) is 3.09. The molecule has 0 bridgehead atoms. The van der Waals surface area contributed by atoms with Crippen molar-refractivity contribution in [3.05, 3.63) is 119 Å². The van der Waals surface area contributed by atoms with Crippen molar-refractivity contribution in [3.8, 4) is 0 Å². The molecular weight excluding hydrogens is 592 g/mol. The molecule has 0 amide bonds. The van der Waals surface area contributed by atoms with E-state index >= 15 is 0 Å². The molecule has 0 fully saturated rings. The van der Waals surface area contributed by atoms with Crippen LogP contribution in [0.15, 0.2) is 96.2 Å². The van der Waals surface area contributed by atoms with Crippen LogP contribution in [0, 0.1) is 12.0 Å². The molecule has 7 nitrogen and oxygen atoms in total. The fourth-order valence-electron chi connectivity index (χ4n) is 8.58. The summed E-state index contributed by atoms with van der Waals surface area (Å²) in [6, 6.07) is 29.4. The highest BCUT2D eigenvalue weighted by Gasteiger charge is 2.45. The van der Waals surface area contributed by atoms with Gasteiger partial charge in [0, 0.05) is 66.7 Å². The number of nitrogens with zero attached hydrogens (tertiary/aromatic N) is 5. The van der Waals surface area contributed by atoms with Crippen LogP contribution < -0.4 is 19.6 Å². The monoisotopic (exact) mass is 624 g/mol. The summed E-state index contributed by atoms with van der Waals surface area (Å²) in [5.41, 5.74) is 7.32. The lowest BCUT2D eigenvalue weighted by Crippen LogP contribution is -2.37. The Balaban J connectivity index is 1.36. The largest absolute Gasteiger partial charge is 0.356 e. The molecule has 6 aromatic rings. The number of carbonyl (C=O) groups excluding carboxylic acids is 1. The lowest BCUT2D eigenvalue weighted by Gasteiger charge is -2.39. The predicted octanol–water partition coefficient (Wildman–Crippen LogP) is 8.16. The Morgan fingerprint density at radius 1 is 0.729 bits per heavy atom. The van der Waals surface area contributed by atoms with Gasteiger partial charge in [0.05, 0.1) is 37.2 Å². The Morgan fingerprint density at radius 2 is 1.27 bits per heavy atom. The van der Waals surface area contributed by atoms with Crippen molar-refractivity contribution in [1.82, 2.24) is 0 Å². The number of allylic oxidation sites excluding steroid dienone is 2. The first-order chi connectivity index (χ1) is 23.3. The Labute approximate surface area is 278 Å². The van der Waals surface area contributed by atoms with Gasteiger partial charge in [-0.2, -0.15) is 0 Å². The molecule has 9 rings (SSSR count). The van der Waals surface area contributed by atoms with Crippen molar-refractivity contribution in [2.75, 3.05) is 61.1 Å². The minimum atomic E-state index is -0.685. The van der Waals surface area contributed by atoms with Gasteiger partial charge in [0.2, 0.25) is 0 Å². The summed E-state index contributed by atoms with van der Waals surface area (Å²) in [7, 11) is 8.39. The van der Waals surface area contributed by atoms with Crippen LogP contribution in [0.5, 0.6) is 0 Å². The van der Waals surface area contributed by atoms with E-state index in [4.69, 9.17) is 12.0 Å². The summed E-state index contributed by atoms with van der Waals surface area (Å²) in [6.45, 7) is 9.58. The first kappa shape index (κ1) is 28.2. The summed E-state index contributed by atoms with van der Waals surface area (Å²) in [4.78, 5) is 27.5. The molecule has 2 heterocycles. The van der Waals surface area contributed by atoms with Crippen LogP contribution in [0.1, 0.15) is 17.0 Å². The molecular formula is C41H32N6O. The van der Waals surface area contributed by atoms with Crippen LogP contribution in [0.4, 0.5) is 22.7 Å². The van der Waals surface area contributed by atoms with Gasteiger partial charge in [-0.05, 0) is 68.4 Å². The maximum Gasteiger partial charge on any atom is 0.251 e. The van der Waals surface area contributed by atoms with E-state index in [-0.39, 0.29) is 11.5 Å². The van der Waals surface area contributed by atoms with E-state index in [0.717, 1.165) is 79.5 Å². The van der Waals surface area contributed by atoms with Gasteiger partial charge < -0.3 is 19.6 Å². The number of ketones is 1. The lowest BCUT2D eigenvalue weighted by molar-refractivity contribution is -0.115. The molecule has 0 saturated heterocycles. The molecule has 0 spiro atoms. The van der Waals surface area contributed by atoms with Crippen molar-refractivity contribution >= 4 is 83.1 Å². The Kier molecular flexibility index (Phi) is 5.84. The van der Waals surface area contributed by atoms with Crippen molar-refractivity contribution < 1.29 is 4.79 Å². The maximum atomic E-state index is 14.8. The number of nitrogens with one attached hydrogen (secondary N) is 1. The van der Waals surface area contributed by atoms with Gasteiger partial charge in [-0.3, -0.25) is 10.2 Å². The normalized spacial score (nSPS) is 17.0. The number of anilines is 4. The summed E-state index contributed by atoms with van der Waals surface area (Å²) in [5.74, 6) is 1.70. The van der Waals surface area contributed by atoms with Gasteiger partial charge in [0.1, 0.15) is 0 Å². The second kappa shape index (κ2) is 9.95. The van der Waals surface area contributed by atoms with Crippen LogP contribution in [-0.4, -0.2) is 53.2 Å². The first-order valence-corrected chi connectivity index (χ1v) is 16.1. The molecule has 1 N–H and O–H groups in total. The second-order valence-electron chi connectivity index (χ2n) is 13.3. The zero-order chi connectivity index (χ0) is 33.0. The third-order valence-corrected chi connectivity index (χ3v) is 10.6. The highest BCUT2D eigenvalue weighted by atomic mass is 16.1. The van der Waals surface area contributed by atoms with E-state index in [9.17, 15) is 4.79 Å². The van der Waals surface area contributed by atoms with Gasteiger partial charge in [0.15, 0.2) is 5.78 Å². The highest BCUT2D eigenvalue weighted by Crippen LogP contribution is 2.55. The molecule has 48 heavy (non-hydrogen) atoms. The van der Waals surface area contributed by atoms with Crippen LogP contribution in [-0.2, 0) is 4.79 Å². The van der Waals surface area contributed by atoms with Gasteiger partial charge >= 0.3 is 0 Å². The molecule has 2 aliphatic heterocycles. The van der Waals surface area contributed by atoms with E-state index in [0.29, 0.717) is 11.1 Å². The molecule has 1 atom stereocenters. The number of benzene rings is 6. The van der Waals surface area contributed by atoms with Crippen molar-refractivity contribution in [2.24, 2.45) is 0 Å². The molecule has 7 heteroatoms. The standard InChI is InChI=1S/C41H32N6O/c1-43-31(20-42)38-36(27-14-16-32-34-29(27)18-23-10-6-8-12-25(23)39(34)46(4)21-44(32)2)41(48)37(38)28-15-17-33-35-30(28)19-24-11-7-9-13-26(24)40(35)47(5)22-45(33)3/h6-19,36,42H,21-22H2,2-5H3. The van der Waals surface area contributed by atoms with Crippen molar-refractivity contribution in [3.63, 3.8) is 0 Å². The van der Waals surface area contributed by atoms with Crippen molar-refractivity contribution in [2.45, 2.75) is 5.92 Å². The van der Waals surface area contributed by atoms with Gasteiger partial charge in [-0.1, -0.05) is 60.7 Å². The van der Waals surface area contributed by atoms with Gasteiger partial charge in [0.25, 0.3) is 5.70 Å². The topological polar surface area (TPSA) is 58.2 Å².